The Morgan fingerprint density at radius 2 is 1.79 bits per heavy atom. The number of rotatable bonds is 5. The summed E-state index contributed by atoms with van der Waals surface area (Å²) in [4.78, 5) is 38.3. The molecule has 2 aromatic carbocycles. The zero-order valence-electron chi connectivity index (χ0n) is 16.1. The summed E-state index contributed by atoms with van der Waals surface area (Å²) in [5, 5.41) is 5.20. The lowest BCUT2D eigenvalue weighted by Crippen LogP contribution is -2.52. The predicted molar refractivity (Wildman–Crippen MR) is 111 cm³/mol. The van der Waals surface area contributed by atoms with Crippen LogP contribution in [0, 0.1) is 5.82 Å². The van der Waals surface area contributed by atoms with Crippen molar-refractivity contribution >= 4 is 35.2 Å². The van der Waals surface area contributed by atoms with Crippen LogP contribution in [0.5, 0.6) is 0 Å². The highest BCUT2D eigenvalue weighted by Gasteiger charge is 2.32. The Hall–Kier alpha value is -2.87. The fraction of sp³-hybridized carbons (Fsp3) is 0.286. The van der Waals surface area contributed by atoms with Gasteiger partial charge in [0.2, 0.25) is 11.8 Å². The van der Waals surface area contributed by atoms with Crippen molar-refractivity contribution in [1.29, 1.82) is 0 Å². The first-order valence-electron chi connectivity index (χ1n) is 9.12. The lowest BCUT2D eigenvalue weighted by Gasteiger charge is -2.28. The molecule has 0 spiro atoms. The largest absolute Gasteiger partial charge is 0.345 e. The fourth-order valence-electron chi connectivity index (χ4n) is 2.91. The maximum Gasteiger partial charge on any atom is 0.253 e. The van der Waals surface area contributed by atoms with Crippen LogP contribution in [0.25, 0.3) is 0 Å². The van der Waals surface area contributed by atoms with E-state index in [1.54, 1.807) is 50.5 Å². The van der Waals surface area contributed by atoms with Crippen LogP contribution in [-0.2, 0) is 16.0 Å². The van der Waals surface area contributed by atoms with E-state index < -0.39 is 6.04 Å². The van der Waals surface area contributed by atoms with Gasteiger partial charge in [-0.2, -0.15) is 0 Å². The Morgan fingerprint density at radius 3 is 2.38 bits per heavy atom. The smallest absolute Gasteiger partial charge is 0.253 e. The second-order valence-electron chi connectivity index (χ2n) is 6.98. The molecule has 1 aliphatic heterocycles. The minimum absolute atomic E-state index is 0.119. The summed E-state index contributed by atoms with van der Waals surface area (Å²) >= 11 is 1.41. The van der Waals surface area contributed by atoms with Crippen molar-refractivity contribution in [2.75, 3.05) is 25.2 Å². The average molecular weight is 415 g/mol. The van der Waals surface area contributed by atoms with Gasteiger partial charge >= 0.3 is 0 Å². The molecule has 1 heterocycles. The first-order valence-corrected chi connectivity index (χ1v) is 10.2. The van der Waals surface area contributed by atoms with E-state index in [2.05, 4.69) is 10.6 Å². The third-order valence-corrected chi connectivity index (χ3v) is 5.84. The SMILES string of the molecule is CN(C)C(=O)c1ccc(NC(=O)[C@@H]2CS[C@@H](Cc3ccc(F)cc3)C(=O)N2)cc1. The summed E-state index contributed by atoms with van der Waals surface area (Å²) in [5.74, 6) is -0.507. The van der Waals surface area contributed by atoms with Crippen molar-refractivity contribution in [1.82, 2.24) is 10.2 Å². The number of amides is 3. The van der Waals surface area contributed by atoms with Gasteiger partial charge in [-0.25, -0.2) is 4.39 Å². The van der Waals surface area contributed by atoms with Crippen LogP contribution in [0.1, 0.15) is 15.9 Å². The summed E-state index contributed by atoms with van der Waals surface area (Å²) in [7, 11) is 3.34. The third-order valence-electron chi connectivity index (χ3n) is 4.53. The molecule has 6 nitrogen and oxygen atoms in total. The second-order valence-corrected chi connectivity index (χ2v) is 8.22. The second kappa shape index (κ2) is 9.09. The fourth-order valence-corrected chi connectivity index (χ4v) is 4.09. The molecule has 2 N–H and O–H groups in total. The summed E-state index contributed by atoms with van der Waals surface area (Å²) in [6, 6.07) is 12.0. The van der Waals surface area contributed by atoms with Crippen LogP contribution < -0.4 is 10.6 Å². The van der Waals surface area contributed by atoms with E-state index in [9.17, 15) is 18.8 Å². The Morgan fingerprint density at radius 1 is 1.14 bits per heavy atom. The molecule has 29 heavy (non-hydrogen) atoms. The van der Waals surface area contributed by atoms with Gasteiger partial charge in [0, 0.05) is 31.1 Å². The zero-order valence-corrected chi connectivity index (χ0v) is 17.0. The van der Waals surface area contributed by atoms with Crippen molar-refractivity contribution < 1.29 is 18.8 Å². The molecule has 2 atom stereocenters. The molecule has 2 aromatic rings. The molecule has 8 heteroatoms. The first-order chi connectivity index (χ1) is 13.8. The Labute approximate surface area is 172 Å². The van der Waals surface area contributed by atoms with Crippen molar-refractivity contribution in [3.8, 4) is 0 Å². The molecule has 0 radical (unpaired) electrons. The summed E-state index contributed by atoms with van der Waals surface area (Å²) in [5.41, 5.74) is 1.95. The van der Waals surface area contributed by atoms with Crippen LogP contribution in [0.2, 0.25) is 0 Å². The molecule has 0 saturated carbocycles. The number of nitrogens with zero attached hydrogens (tertiary/aromatic N) is 1. The molecule has 3 amide bonds. The van der Waals surface area contributed by atoms with Gasteiger partial charge in [-0.05, 0) is 48.4 Å². The summed E-state index contributed by atoms with van der Waals surface area (Å²) in [6.07, 6.45) is 0.479. The molecule has 1 saturated heterocycles. The van der Waals surface area contributed by atoms with Crippen molar-refractivity contribution in [2.24, 2.45) is 0 Å². The van der Waals surface area contributed by atoms with Gasteiger partial charge < -0.3 is 15.5 Å². The number of hydrogen-bond acceptors (Lipinski definition) is 4. The van der Waals surface area contributed by atoms with Crippen molar-refractivity contribution in [3.05, 3.63) is 65.5 Å². The normalized spacial score (nSPS) is 18.7. The number of carbonyl (C=O) groups excluding carboxylic acids is 3. The minimum Gasteiger partial charge on any atom is -0.345 e. The quantitative estimate of drug-likeness (QED) is 0.786. The number of halogens is 1. The van der Waals surface area contributed by atoms with Crippen LogP contribution in [-0.4, -0.2) is 53.8 Å². The maximum atomic E-state index is 13.0. The Bertz CT molecular complexity index is 900. The Kier molecular flexibility index (Phi) is 6.53. The molecular weight excluding hydrogens is 393 g/mol. The molecule has 0 aromatic heterocycles. The molecular formula is C21H22FN3O3S. The minimum atomic E-state index is -0.639. The number of hydrogen-bond donors (Lipinski definition) is 2. The van der Waals surface area contributed by atoms with Crippen molar-refractivity contribution in [3.63, 3.8) is 0 Å². The van der Waals surface area contributed by atoms with E-state index in [0.717, 1.165) is 5.56 Å². The van der Waals surface area contributed by atoms with Crippen LogP contribution in [0.4, 0.5) is 10.1 Å². The number of benzene rings is 2. The molecule has 1 fully saturated rings. The monoisotopic (exact) mass is 415 g/mol. The molecule has 3 rings (SSSR count). The van der Waals surface area contributed by atoms with E-state index in [1.165, 1.54) is 28.8 Å². The van der Waals surface area contributed by atoms with Gasteiger partial charge in [0.05, 0.1) is 5.25 Å². The Balaban J connectivity index is 1.54. The lowest BCUT2D eigenvalue weighted by atomic mass is 10.1. The number of thioether (sulfide) groups is 1. The van der Waals surface area contributed by atoms with Crippen LogP contribution in [0.3, 0.4) is 0 Å². The summed E-state index contributed by atoms with van der Waals surface area (Å²) < 4.78 is 13.0. The predicted octanol–water partition coefficient (Wildman–Crippen LogP) is 2.31. The highest BCUT2D eigenvalue weighted by Crippen LogP contribution is 2.23. The van der Waals surface area contributed by atoms with Gasteiger partial charge in [0.25, 0.3) is 5.91 Å². The average Bonchev–Trinajstić information content (AvgIpc) is 2.71. The van der Waals surface area contributed by atoms with Crippen LogP contribution >= 0.6 is 11.8 Å². The molecule has 0 bridgehead atoms. The molecule has 152 valence electrons. The van der Waals surface area contributed by atoms with Gasteiger partial charge in [0.1, 0.15) is 11.9 Å². The molecule has 0 unspecified atom stereocenters. The van der Waals surface area contributed by atoms with E-state index >= 15 is 0 Å². The standard InChI is InChI=1S/C21H22FN3O3S/c1-25(2)21(28)14-5-9-16(10-6-14)23-19(26)17-12-29-18(20(27)24-17)11-13-3-7-15(22)8-4-13/h3-10,17-18H,11-12H2,1-2H3,(H,23,26)(H,24,27)/t17-,18-/m0/s1. The van der Waals surface area contributed by atoms with Gasteiger partial charge in [-0.3, -0.25) is 14.4 Å². The van der Waals surface area contributed by atoms with Gasteiger partial charge in [0.15, 0.2) is 0 Å². The number of anilines is 1. The molecule has 0 aliphatic carbocycles. The van der Waals surface area contributed by atoms with E-state index in [1.807, 2.05) is 0 Å². The molecule has 1 aliphatic rings. The number of nitrogens with one attached hydrogen (secondary N) is 2. The number of carbonyl (C=O) groups is 3. The summed E-state index contributed by atoms with van der Waals surface area (Å²) in [6.45, 7) is 0. The van der Waals surface area contributed by atoms with E-state index in [4.69, 9.17) is 0 Å². The highest BCUT2D eigenvalue weighted by molar-refractivity contribution is 8.00. The van der Waals surface area contributed by atoms with E-state index in [-0.39, 0.29) is 28.8 Å². The maximum absolute atomic E-state index is 13.0. The van der Waals surface area contributed by atoms with Crippen molar-refractivity contribution in [2.45, 2.75) is 17.7 Å². The van der Waals surface area contributed by atoms with Gasteiger partial charge in [-0.15, -0.1) is 11.8 Å². The van der Waals surface area contributed by atoms with Crippen LogP contribution in [0.15, 0.2) is 48.5 Å². The van der Waals surface area contributed by atoms with Gasteiger partial charge in [-0.1, -0.05) is 12.1 Å². The zero-order chi connectivity index (χ0) is 21.0. The topological polar surface area (TPSA) is 78.5 Å². The highest BCUT2D eigenvalue weighted by atomic mass is 32.2. The first kappa shape index (κ1) is 20.9. The lowest BCUT2D eigenvalue weighted by molar-refractivity contribution is -0.126. The third kappa shape index (κ3) is 5.35. The van der Waals surface area contributed by atoms with E-state index in [0.29, 0.717) is 23.4 Å².